The lowest BCUT2D eigenvalue weighted by Gasteiger charge is -2.26. The van der Waals surface area contributed by atoms with Gasteiger partial charge in [-0.15, -0.1) is 0 Å². The Hall–Kier alpha value is -0.730. The molecule has 0 radical (unpaired) electrons. The molecule has 2 nitrogen and oxygen atoms in total. The number of piperidine rings is 1. The van der Waals surface area contributed by atoms with Crippen molar-refractivity contribution in [2.24, 2.45) is 0 Å². The fraction of sp³-hybridized carbons (Fsp3) is 0.538. The lowest BCUT2D eigenvalue weighted by Crippen LogP contribution is -2.27. The normalized spacial score (nSPS) is 17.4. The van der Waals surface area contributed by atoms with E-state index in [0.29, 0.717) is 5.92 Å². The van der Waals surface area contributed by atoms with Gasteiger partial charge in [0.05, 0.1) is 7.11 Å². The van der Waals surface area contributed by atoms with Gasteiger partial charge in [-0.25, -0.2) is 0 Å². The molecule has 0 atom stereocenters. The summed E-state index contributed by atoms with van der Waals surface area (Å²) in [4.78, 5) is 0. The Balaban J connectivity index is 2.40. The first-order valence-corrected chi connectivity index (χ1v) is 6.15. The molecule has 88 valence electrons. The van der Waals surface area contributed by atoms with E-state index < -0.39 is 0 Å². The van der Waals surface area contributed by atoms with Gasteiger partial charge in [-0.05, 0) is 50.4 Å². The molecule has 1 aliphatic rings. The summed E-state index contributed by atoms with van der Waals surface area (Å²) in [6.07, 6.45) is 2.28. The van der Waals surface area contributed by atoms with Crippen molar-refractivity contribution < 1.29 is 4.74 Å². The molecule has 0 unspecified atom stereocenters. The molecular formula is C13H18ClNO. The van der Waals surface area contributed by atoms with Crippen molar-refractivity contribution in [1.29, 1.82) is 0 Å². The molecule has 1 aliphatic heterocycles. The van der Waals surface area contributed by atoms with Crippen LogP contribution < -0.4 is 10.1 Å². The van der Waals surface area contributed by atoms with Gasteiger partial charge in [0.15, 0.2) is 0 Å². The average Bonchev–Trinajstić information content (AvgIpc) is 2.33. The molecule has 0 saturated carbocycles. The minimum atomic E-state index is 0.531. The van der Waals surface area contributed by atoms with Gasteiger partial charge >= 0.3 is 0 Å². The molecule has 0 aliphatic carbocycles. The number of hydrogen-bond donors (Lipinski definition) is 1. The minimum absolute atomic E-state index is 0.531. The Kier molecular flexibility index (Phi) is 3.72. The summed E-state index contributed by atoms with van der Waals surface area (Å²) in [7, 11) is 1.73. The molecule has 16 heavy (non-hydrogen) atoms. The summed E-state index contributed by atoms with van der Waals surface area (Å²) in [6.45, 7) is 4.20. The van der Waals surface area contributed by atoms with E-state index in [9.17, 15) is 0 Å². The van der Waals surface area contributed by atoms with Crippen LogP contribution in [0.15, 0.2) is 12.1 Å². The van der Waals surface area contributed by atoms with Crippen molar-refractivity contribution in [1.82, 2.24) is 5.32 Å². The van der Waals surface area contributed by atoms with Crippen LogP contribution in [-0.4, -0.2) is 20.2 Å². The number of methoxy groups -OCH3 is 1. The number of benzene rings is 1. The van der Waals surface area contributed by atoms with Crippen molar-refractivity contribution in [3.8, 4) is 5.75 Å². The Morgan fingerprint density at radius 3 is 2.62 bits per heavy atom. The first-order chi connectivity index (χ1) is 7.74. The zero-order valence-electron chi connectivity index (χ0n) is 9.85. The summed E-state index contributed by atoms with van der Waals surface area (Å²) < 4.78 is 5.51. The molecule has 0 spiro atoms. The van der Waals surface area contributed by atoms with Crippen molar-refractivity contribution >= 4 is 11.6 Å². The highest BCUT2D eigenvalue weighted by Crippen LogP contribution is 2.39. The van der Waals surface area contributed by atoms with E-state index in [2.05, 4.69) is 12.2 Å². The number of nitrogens with one attached hydrogen (secondary N) is 1. The lowest BCUT2D eigenvalue weighted by molar-refractivity contribution is 0.389. The Bertz CT molecular complexity index is 372. The second kappa shape index (κ2) is 5.07. The highest BCUT2D eigenvalue weighted by Gasteiger charge is 2.22. The highest BCUT2D eigenvalue weighted by molar-refractivity contribution is 6.31. The van der Waals surface area contributed by atoms with Crippen LogP contribution in [-0.2, 0) is 0 Å². The third-order valence-electron chi connectivity index (χ3n) is 3.29. The Morgan fingerprint density at radius 2 is 2.00 bits per heavy atom. The van der Waals surface area contributed by atoms with Gasteiger partial charge in [-0.2, -0.15) is 0 Å². The predicted molar refractivity (Wildman–Crippen MR) is 67.6 cm³/mol. The van der Waals surface area contributed by atoms with Gasteiger partial charge in [-0.3, -0.25) is 0 Å². The molecule has 1 aromatic carbocycles. The summed E-state index contributed by atoms with van der Waals surface area (Å²) >= 11 is 6.31. The predicted octanol–water partition coefficient (Wildman–Crippen LogP) is 3.12. The SMILES string of the molecule is COc1c(C)ccc(Cl)c1C1CCNCC1. The van der Waals surface area contributed by atoms with E-state index in [4.69, 9.17) is 16.3 Å². The topological polar surface area (TPSA) is 21.3 Å². The molecule has 0 aromatic heterocycles. The quantitative estimate of drug-likeness (QED) is 0.856. The molecule has 1 heterocycles. The lowest BCUT2D eigenvalue weighted by atomic mass is 9.88. The van der Waals surface area contributed by atoms with E-state index in [-0.39, 0.29) is 0 Å². The van der Waals surface area contributed by atoms with Crippen LogP contribution in [0.4, 0.5) is 0 Å². The maximum atomic E-state index is 6.31. The smallest absolute Gasteiger partial charge is 0.126 e. The average molecular weight is 240 g/mol. The van der Waals surface area contributed by atoms with Crippen LogP contribution in [0.25, 0.3) is 0 Å². The zero-order chi connectivity index (χ0) is 11.5. The Labute approximate surface area is 102 Å². The van der Waals surface area contributed by atoms with Gasteiger partial charge in [0.1, 0.15) is 5.75 Å². The monoisotopic (exact) mass is 239 g/mol. The second-order valence-electron chi connectivity index (χ2n) is 4.34. The van der Waals surface area contributed by atoms with Gasteiger partial charge in [0.25, 0.3) is 0 Å². The number of rotatable bonds is 2. The third kappa shape index (κ3) is 2.18. The first kappa shape index (κ1) is 11.7. The molecule has 2 rings (SSSR count). The standard InChI is InChI=1S/C13H18ClNO/c1-9-3-4-11(14)12(13(9)16-2)10-5-7-15-8-6-10/h3-4,10,15H,5-8H2,1-2H3. The summed E-state index contributed by atoms with van der Waals surface area (Å²) in [5, 5.41) is 4.21. The summed E-state index contributed by atoms with van der Waals surface area (Å²) in [6, 6.07) is 4.00. The van der Waals surface area contributed by atoms with Crippen LogP contribution in [0.5, 0.6) is 5.75 Å². The maximum Gasteiger partial charge on any atom is 0.126 e. The zero-order valence-corrected chi connectivity index (χ0v) is 10.6. The molecule has 1 saturated heterocycles. The molecule has 1 N–H and O–H groups in total. The minimum Gasteiger partial charge on any atom is -0.496 e. The number of halogens is 1. The van der Waals surface area contributed by atoms with Crippen molar-refractivity contribution in [3.63, 3.8) is 0 Å². The first-order valence-electron chi connectivity index (χ1n) is 5.77. The second-order valence-corrected chi connectivity index (χ2v) is 4.74. The largest absolute Gasteiger partial charge is 0.496 e. The fourth-order valence-corrected chi connectivity index (χ4v) is 2.75. The molecule has 1 fully saturated rings. The van der Waals surface area contributed by atoms with E-state index in [1.54, 1.807) is 7.11 Å². The molecule has 0 amide bonds. The summed E-state index contributed by atoms with van der Waals surface area (Å²) in [5.41, 5.74) is 2.37. The van der Waals surface area contributed by atoms with Crippen LogP contribution in [0.3, 0.4) is 0 Å². The van der Waals surface area contributed by atoms with E-state index >= 15 is 0 Å². The Morgan fingerprint density at radius 1 is 1.31 bits per heavy atom. The fourth-order valence-electron chi connectivity index (χ4n) is 2.45. The number of hydrogen-bond acceptors (Lipinski definition) is 2. The highest BCUT2D eigenvalue weighted by atomic mass is 35.5. The van der Waals surface area contributed by atoms with Gasteiger partial charge in [0.2, 0.25) is 0 Å². The van der Waals surface area contributed by atoms with Crippen LogP contribution in [0.2, 0.25) is 5.02 Å². The number of ether oxygens (including phenoxy) is 1. The molecule has 1 aromatic rings. The molecule has 3 heteroatoms. The molecule has 0 bridgehead atoms. The van der Waals surface area contributed by atoms with Crippen molar-refractivity contribution in [2.75, 3.05) is 20.2 Å². The maximum absolute atomic E-state index is 6.31. The van der Waals surface area contributed by atoms with Gasteiger partial charge in [-0.1, -0.05) is 17.7 Å². The van der Waals surface area contributed by atoms with Crippen molar-refractivity contribution in [2.45, 2.75) is 25.7 Å². The van der Waals surface area contributed by atoms with E-state index in [0.717, 1.165) is 36.7 Å². The van der Waals surface area contributed by atoms with Crippen LogP contribution in [0.1, 0.15) is 29.9 Å². The van der Waals surface area contributed by atoms with Gasteiger partial charge in [0, 0.05) is 10.6 Å². The van der Waals surface area contributed by atoms with E-state index in [1.165, 1.54) is 11.1 Å². The summed E-state index contributed by atoms with van der Waals surface area (Å²) in [5.74, 6) is 1.50. The molecular weight excluding hydrogens is 222 g/mol. The van der Waals surface area contributed by atoms with Crippen molar-refractivity contribution in [3.05, 3.63) is 28.3 Å². The van der Waals surface area contributed by atoms with Gasteiger partial charge < -0.3 is 10.1 Å². The van der Waals surface area contributed by atoms with Crippen LogP contribution in [0, 0.1) is 6.92 Å². The third-order valence-corrected chi connectivity index (χ3v) is 3.62. The van der Waals surface area contributed by atoms with Crippen LogP contribution >= 0.6 is 11.6 Å². The van der Waals surface area contributed by atoms with E-state index in [1.807, 2.05) is 12.1 Å². The number of aryl methyl sites for hydroxylation is 1.